The van der Waals surface area contributed by atoms with Crippen molar-refractivity contribution in [3.05, 3.63) is 29.8 Å². The average molecular weight is 358 g/mol. The van der Waals surface area contributed by atoms with Gasteiger partial charge in [0.15, 0.2) is 0 Å². The zero-order valence-corrected chi connectivity index (χ0v) is 15.8. The van der Waals surface area contributed by atoms with E-state index in [9.17, 15) is 9.59 Å². The molecule has 2 saturated heterocycles. The Balaban J connectivity index is 1.58. The van der Waals surface area contributed by atoms with Gasteiger partial charge in [-0.15, -0.1) is 0 Å². The SMILES string of the molecule is Cc1cccc(NC(=O)N2CCCC(C(=O)N3CCC(C)(CN)C3)C2)c1. The summed E-state index contributed by atoms with van der Waals surface area (Å²) >= 11 is 0. The molecule has 142 valence electrons. The van der Waals surface area contributed by atoms with Crippen molar-refractivity contribution in [3.8, 4) is 0 Å². The Bertz CT molecular complexity index is 678. The monoisotopic (exact) mass is 358 g/mol. The summed E-state index contributed by atoms with van der Waals surface area (Å²) in [6, 6.07) is 7.63. The van der Waals surface area contributed by atoms with Crippen LogP contribution < -0.4 is 11.1 Å². The molecule has 0 aliphatic carbocycles. The Morgan fingerprint density at radius 1 is 1.31 bits per heavy atom. The molecule has 3 rings (SSSR count). The van der Waals surface area contributed by atoms with Gasteiger partial charge in [0.25, 0.3) is 0 Å². The van der Waals surface area contributed by atoms with Crippen LogP contribution in [0.5, 0.6) is 0 Å². The second kappa shape index (κ2) is 7.66. The molecule has 0 bridgehead atoms. The number of aryl methyl sites for hydroxylation is 1. The highest BCUT2D eigenvalue weighted by Crippen LogP contribution is 2.31. The predicted molar refractivity (Wildman–Crippen MR) is 103 cm³/mol. The third-order valence-corrected chi connectivity index (χ3v) is 5.69. The van der Waals surface area contributed by atoms with Crippen molar-refractivity contribution in [1.29, 1.82) is 0 Å². The molecule has 3 amide bonds. The fraction of sp³-hybridized carbons (Fsp3) is 0.600. The summed E-state index contributed by atoms with van der Waals surface area (Å²) in [6.07, 6.45) is 2.67. The van der Waals surface area contributed by atoms with Crippen molar-refractivity contribution >= 4 is 17.6 Å². The predicted octanol–water partition coefficient (Wildman–Crippen LogP) is 2.44. The van der Waals surface area contributed by atoms with Crippen LogP contribution in [0.3, 0.4) is 0 Å². The van der Waals surface area contributed by atoms with E-state index in [1.165, 1.54) is 0 Å². The maximum Gasteiger partial charge on any atom is 0.321 e. The lowest BCUT2D eigenvalue weighted by Gasteiger charge is -2.34. The molecule has 0 aromatic heterocycles. The lowest BCUT2D eigenvalue weighted by molar-refractivity contribution is -0.136. The van der Waals surface area contributed by atoms with E-state index in [1.807, 2.05) is 36.1 Å². The Kier molecular flexibility index (Phi) is 5.51. The zero-order valence-electron chi connectivity index (χ0n) is 15.8. The molecule has 0 saturated carbocycles. The van der Waals surface area contributed by atoms with E-state index >= 15 is 0 Å². The first-order valence-electron chi connectivity index (χ1n) is 9.52. The van der Waals surface area contributed by atoms with Crippen LogP contribution in [0.4, 0.5) is 10.5 Å². The Labute approximate surface area is 155 Å². The normalized spacial score (nSPS) is 26.0. The number of nitrogens with two attached hydrogens (primary N) is 1. The molecule has 2 aliphatic heterocycles. The molecule has 1 aromatic rings. The van der Waals surface area contributed by atoms with Crippen LogP contribution in [0, 0.1) is 18.3 Å². The maximum atomic E-state index is 12.9. The van der Waals surface area contributed by atoms with E-state index in [0.717, 1.165) is 43.6 Å². The van der Waals surface area contributed by atoms with Gasteiger partial charge in [0, 0.05) is 31.9 Å². The average Bonchev–Trinajstić information content (AvgIpc) is 3.04. The molecule has 0 radical (unpaired) electrons. The van der Waals surface area contributed by atoms with Crippen LogP contribution in [0.1, 0.15) is 31.7 Å². The van der Waals surface area contributed by atoms with Crippen LogP contribution in [-0.2, 0) is 4.79 Å². The minimum absolute atomic E-state index is 0.0343. The molecule has 3 N–H and O–H groups in total. The number of carbonyl (C=O) groups excluding carboxylic acids is 2. The lowest BCUT2D eigenvalue weighted by Crippen LogP contribution is -2.48. The molecule has 2 fully saturated rings. The van der Waals surface area contributed by atoms with E-state index < -0.39 is 0 Å². The second-order valence-corrected chi connectivity index (χ2v) is 8.11. The zero-order chi connectivity index (χ0) is 18.7. The van der Waals surface area contributed by atoms with Crippen LogP contribution in [0.25, 0.3) is 0 Å². The summed E-state index contributed by atoms with van der Waals surface area (Å²) < 4.78 is 0. The van der Waals surface area contributed by atoms with Crippen molar-refractivity contribution in [1.82, 2.24) is 9.80 Å². The summed E-state index contributed by atoms with van der Waals surface area (Å²) in [5, 5.41) is 2.95. The van der Waals surface area contributed by atoms with Gasteiger partial charge >= 0.3 is 6.03 Å². The number of rotatable bonds is 3. The standard InChI is InChI=1S/C20H30N4O2/c1-15-5-3-7-17(11-15)22-19(26)23-9-4-6-16(12-23)18(25)24-10-8-20(2,13-21)14-24/h3,5,7,11,16H,4,6,8-10,12-14,21H2,1-2H3,(H,22,26). The number of anilines is 1. The molecule has 2 aliphatic rings. The number of nitrogens with zero attached hydrogens (tertiary/aromatic N) is 2. The van der Waals surface area contributed by atoms with Crippen molar-refractivity contribution in [3.63, 3.8) is 0 Å². The Morgan fingerprint density at radius 2 is 2.12 bits per heavy atom. The molecule has 2 heterocycles. The number of likely N-dealkylation sites (tertiary alicyclic amines) is 2. The van der Waals surface area contributed by atoms with Gasteiger partial charge in [0.2, 0.25) is 5.91 Å². The molecular formula is C20H30N4O2. The van der Waals surface area contributed by atoms with E-state index in [4.69, 9.17) is 5.73 Å². The molecule has 2 unspecified atom stereocenters. The van der Waals surface area contributed by atoms with Crippen LogP contribution >= 0.6 is 0 Å². The van der Waals surface area contributed by atoms with Gasteiger partial charge in [-0.2, -0.15) is 0 Å². The van der Waals surface area contributed by atoms with Crippen molar-refractivity contribution in [2.45, 2.75) is 33.1 Å². The number of carbonyl (C=O) groups is 2. The number of hydrogen-bond donors (Lipinski definition) is 2. The van der Waals surface area contributed by atoms with Crippen molar-refractivity contribution in [2.75, 3.05) is 38.0 Å². The third-order valence-electron chi connectivity index (χ3n) is 5.69. The Morgan fingerprint density at radius 3 is 2.81 bits per heavy atom. The number of benzene rings is 1. The summed E-state index contributed by atoms with van der Waals surface area (Å²) in [5.41, 5.74) is 7.79. The summed E-state index contributed by atoms with van der Waals surface area (Å²) in [7, 11) is 0. The number of piperidine rings is 1. The third kappa shape index (κ3) is 4.18. The largest absolute Gasteiger partial charge is 0.342 e. The molecule has 2 atom stereocenters. The molecule has 6 nitrogen and oxygen atoms in total. The van der Waals surface area contributed by atoms with Crippen LogP contribution in [0.2, 0.25) is 0 Å². The van der Waals surface area contributed by atoms with Gasteiger partial charge in [-0.1, -0.05) is 19.1 Å². The van der Waals surface area contributed by atoms with Gasteiger partial charge in [-0.05, 0) is 55.8 Å². The van der Waals surface area contributed by atoms with Crippen molar-refractivity contribution < 1.29 is 9.59 Å². The summed E-state index contributed by atoms with van der Waals surface area (Å²) in [4.78, 5) is 29.2. The second-order valence-electron chi connectivity index (χ2n) is 8.11. The minimum atomic E-state index is -0.124. The molecule has 6 heteroatoms. The fourth-order valence-corrected chi connectivity index (χ4v) is 3.93. The first-order valence-corrected chi connectivity index (χ1v) is 9.52. The molecule has 26 heavy (non-hydrogen) atoms. The summed E-state index contributed by atoms with van der Waals surface area (Å²) in [5.74, 6) is 0.0716. The Hall–Kier alpha value is -2.08. The topological polar surface area (TPSA) is 78.7 Å². The van der Waals surface area contributed by atoms with Gasteiger partial charge in [-0.25, -0.2) is 4.79 Å². The highest BCUT2D eigenvalue weighted by Gasteiger charge is 2.38. The first kappa shape index (κ1) is 18.7. The van der Waals surface area contributed by atoms with Gasteiger partial charge in [0.1, 0.15) is 0 Å². The van der Waals surface area contributed by atoms with Crippen molar-refractivity contribution in [2.24, 2.45) is 17.1 Å². The van der Waals surface area contributed by atoms with Crippen LogP contribution in [0.15, 0.2) is 24.3 Å². The molecule has 0 spiro atoms. The number of nitrogens with one attached hydrogen (secondary N) is 1. The first-order chi connectivity index (χ1) is 12.4. The van der Waals surface area contributed by atoms with E-state index in [2.05, 4.69) is 12.2 Å². The van der Waals surface area contributed by atoms with Gasteiger partial charge in [0.05, 0.1) is 5.92 Å². The minimum Gasteiger partial charge on any atom is -0.342 e. The van der Waals surface area contributed by atoms with E-state index in [0.29, 0.717) is 19.6 Å². The quantitative estimate of drug-likeness (QED) is 0.871. The van der Waals surface area contributed by atoms with Gasteiger partial charge < -0.3 is 20.9 Å². The van der Waals surface area contributed by atoms with E-state index in [1.54, 1.807) is 4.90 Å². The number of amides is 3. The van der Waals surface area contributed by atoms with Crippen LogP contribution in [-0.4, -0.2) is 54.5 Å². The lowest BCUT2D eigenvalue weighted by atomic mass is 9.90. The van der Waals surface area contributed by atoms with Gasteiger partial charge in [-0.3, -0.25) is 4.79 Å². The maximum absolute atomic E-state index is 12.9. The highest BCUT2D eigenvalue weighted by atomic mass is 16.2. The molecular weight excluding hydrogens is 328 g/mol. The van der Waals surface area contributed by atoms with E-state index in [-0.39, 0.29) is 23.3 Å². The smallest absolute Gasteiger partial charge is 0.321 e. The fourth-order valence-electron chi connectivity index (χ4n) is 3.93. The number of hydrogen-bond acceptors (Lipinski definition) is 3. The highest BCUT2D eigenvalue weighted by molar-refractivity contribution is 5.90. The molecule has 1 aromatic carbocycles. The summed E-state index contributed by atoms with van der Waals surface area (Å²) in [6.45, 7) is 7.44. The number of urea groups is 1.